The third kappa shape index (κ3) is 21.0. The number of benzene rings is 7. The summed E-state index contributed by atoms with van der Waals surface area (Å²) in [5.74, 6) is -3.42. The fraction of sp³-hybridized carbons (Fsp3) is 0.444. The lowest BCUT2D eigenvalue weighted by Crippen LogP contribution is -2.69. The zero-order valence-electron chi connectivity index (χ0n) is 61.6. The van der Waals surface area contributed by atoms with E-state index in [4.69, 9.17) is 94.7 Å². The third-order valence-electron chi connectivity index (χ3n) is 19.0. The molecule has 5 aliphatic rings. The van der Waals surface area contributed by atoms with Gasteiger partial charge in [-0.05, 0) is 76.0 Å². The molecule has 7 aromatic carbocycles. The van der Waals surface area contributed by atoms with Gasteiger partial charge in [0.15, 0.2) is 49.3 Å². The lowest BCUT2D eigenvalue weighted by Gasteiger charge is -2.51. The molecule has 5 aliphatic heterocycles. The van der Waals surface area contributed by atoms with Crippen LogP contribution in [-0.4, -0.2) is 181 Å². The van der Waals surface area contributed by atoms with Crippen LogP contribution in [0.15, 0.2) is 216 Å². The van der Waals surface area contributed by atoms with Crippen LogP contribution in [0.4, 0.5) is 0 Å². The molecule has 7 aromatic rings. The van der Waals surface area contributed by atoms with E-state index < -0.39 is 146 Å². The molecule has 5 saturated heterocycles. The number of azide groups is 2. The van der Waals surface area contributed by atoms with Crippen LogP contribution in [0.3, 0.4) is 0 Å². The van der Waals surface area contributed by atoms with Crippen molar-refractivity contribution in [2.24, 2.45) is 10.2 Å². The van der Waals surface area contributed by atoms with Gasteiger partial charge in [0.25, 0.3) is 0 Å². The van der Waals surface area contributed by atoms with Crippen molar-refractivity contribution in [3.8, 4) is 5.75 Å². The summed E-state index contributed by atoms with van der Waals surface area (Å²) < 4.78 is 132. The smallest absolute Gasteiger partial charge is 0.337 e. The molecule has 29 nitrogen and oxygen atoms in total. The predicted octanol–water partition coefficient (Wildman–Crippen LogP) is 11.2. The Morgan fingerprint density at radius 1 is 0.400 bits per heavy atom. The van der Waals surface area contributed by atoms with E-state index in [1.807, 2.05) is 170 Å². The second-order valence-corrected chi connectivity index (χ2v) is 27.0. The summed E-state index contributed by atoms with van der Waals surface area (Å²) in [6.07, 6.45) is -26.6. The van der Waals surface area contributed by atoms with Crippen molar-refractivity contribution in [2.45, 2.75) is 196 Å². The van der Waals surface area contributed by atoms with Crippen LogP contribution in [0, 0.1) is 0 Å². The van der Waals surface area contributed by atoms with Gasteiger partial charge in [0.05, 0.1) is 80.8 Å². The second kappa shape index (κ2) is 39.6. The van der Waals surface area contributed by atoms with Crippen molar-refractivity contribution in [3.63, 3.8) is 0 Å². The second-order valence-electron chi connectivity index (χ2n) is 27.0. The average molecular weight is 1520 g/mol. The molecule has 8 unspecified atom stereocenters. The molecule has 0 bridgehead atoms. The third-order valence-corrected chi connectivity index (χ3v) is 19.0. The van der Waals surface area contributed by atoms with Crippen molar-refractivity contribution in [3.05, 3.63) is 266 Å². The van der Waals surface area contributed by atoms with Gasteiger partial charge in [0.1, 0.15) is 85.0 Å². The highest BCUT2D eigenvalue weighted by molar-refractivity contribution is 5.76. The fourth-order valence-corrected chi connectivity index (χ4v) is 13.8. The Balaban J connectivity index is 0.948. The highest BCUT2D eigenvalue weighted by atomic mass is 16.8. The molecule has 5 fully saturated rings. The number of ether oxygens (including phenoxy) is 20. The normalized spacial score (nSPS) is 28.9. The quantitative estimate of drug-likeness (QED) is 0.0117. The minimum atomic E-state index is -1.91. The Morgan fingerprint density at radius 3 is 1.18 bits per heavy atom. The van der Waals surface area contributed by atoms with Gasteiger partial charge in [-0.1, -0.05) is 204 Å². The van der Waals surface area contributed by atoms with Gasteiger partial charge in [-0.25, -0.2) is 9.59 Å². The van der Waals surface area contributed by atoms with E-state index in [0.29, 0.717) is 16.9 Å². The Labute approximate surface area is 636 Å². The van der Waals surface area contributed by atoms with Crippen LogP contribution in [0.25, 0.3) is 20.9 Å². The van der Waals surface area contributed by atoms with Gasteiger partial charge in [0, 0.05) is 16.7 Å². The van der Waals surface area contributed by atoms with Crippen molar-refractivity contribution >= 4 is 17.9 Å². The molecule has 20 atom stereocenters. The Hall–Kier alpha value is -9.27. The van der Waals surface area contributed by atoms with Crippen LogP contribution in [0.1, 0.15) is 59.7 Å². The lowest BCUT2D eigenvalue weighted by molar-refractivity contribution is -0.375. The molecule has 110 heavy (non-hydrogen) atoms. The number of hydrogen-bond donors (Lipinski definition) is 0. The first-order valence-corrected chi connectivity index (χ1v) is 36.1. The Kier molecular flexibility index (Phi) is 28.9. The van der Waals surface area contributed by atoms with Crippen LogP contribution >= 0.6 is 0 Å². The summed E-state index contributed by atoms with van der Waals surface area (Å²) >= 11 is 0. The minimum Gasteiger partial charge on any atom is -0.497 e. The molecule has 12 rings (SSSR count). The number of rotatable bonds is 35. The largest absolute Gasteiger partial charge is 0.497 e. The zero-order chi connectivity index (χ0) is 76.8. The Morgan fingerprint density at radius 2 is 0.764 bits per heavy atom. The van der Waals surface area contributed by atoms with Crippen LogP contribution < -0.4 is 4.74 Å². The van der Waals surface area contributed by atoms with E-state index in [0.717, 1.165) is 41.9 Å². The summed E-state index contributed by atoms with van der Waals surface area (Å²) in [5.41, 5.74) is 26.7. The number of methoxy groups -OCH3 is 3. The maximum Gasteiger partial charge on any atom is 0.337 e. The molecule has 0 N–H and O–H groups in total. The Bertz CT molecular complexity index is 4110. The number of fused-ring (bicyclic) bond motifs is 1. The number of carbonyl (C=O) groups is 3. The lowest BCUT2D eigenvalue weighted by atomic mass is 9.93. The average Bonchev–Trinajstić information content (AvgIpc) is 1.25. The van der Waals surface area contributed by atoms with Crippen molar-refractivity contribution in [1.29, 1.82) is 0 Å². The highest BCUT2D eigenvalue weighted by Crippen LogP contribution is 2.44. The van der Waals surface area contributed by atoms with Crippen molar-refractivity contribution in [2.75, 3.05) is 34.5 Å². The summed E-state index contributed by atoms with van der Waals surface area (Å²) in [6.45, 7) is 3.77. The van der Waals surface area contributed by atoms with Gasteiger partial charge in [-0.15, -0.1) is 0 Å². The zero-order valence-corrected chi connectivity index (χ0v) is 61.6. The SMILES string of the molecule is COC(=O)[C@@H]1O[C@H](O[C@@H]2C(COCc3ccccc3)O[C@H](O[C@H]3C(OCc4ccccc4)C4OC(C)(C)O[C@H]4O[C@H]3C(=O)OC)C(N=[N+]=[N-])[C@@H]2OCc2ccccc2)C(OC(C)=O)C(OCc2ccccc2)[C@@H]1O[C@H]1OC(COCc2ccccc2)[C@@H](OCc2ccc(OC)cc2)[C@@H](OCc2ccccc2)C1N=[N+]=[N-]. The van der Waals surface area contributed by atoms with Crippen molar-refractivity contribution < 1.29 is 109 Å². The van der Waals surface area contributed by atoms with E-state index in [1.54, 1.807) is 57.4 Å². The first-order valence-electron chi connectivity index (χ1n) is 36.1. The molecule has 0 amide bonds. The fourth-order valence-electron chi connectivity index (χ4n) is 13.8. The summed E-state index contributed by atoms with van der Waals surface area (Å²) in [5, 5.41) is 8.69. The molecule has 0 aliphatic carbocycles. The van der Waals surface area contributed by atoms with E-state index in [1.165, 1.54) is 7.11 Å². The van der Waals surface area contributed by atoms with Crippen molar-refractivity contribution in [1.82, 2.24) is 0 Å². The molecule has 0 aromatic heterocycles. The summed E-state index contributed by atoms with van der Waals surface area (Å²) in [4.78, 5) is 50.1. The maximum absolute atomic E-state index is 15.1. The first kappa shape index (κ1) is 80.3. The predicted molar refractivity (Wildman–Crippen MR) is 389 cm³/mol. The molecule has 0 spiro atoms. The topological polar surface area (TPSA) is 333 Å². The minimum absolute atomic E-state index is 0.0104. The maximum atomic E-state index is 15.1. The van der Waals surface area contributed by atoms with E-state index in [2.05, 4.69) is 20.1 Å². The molecular weight excluding hydrogens is 1420 g/mol. The first-order chi connectivity index (χ1) is 53.7. The standard InChI is InChI=1S/C81H90N6O23/c1-50(88)101-73-67(99-45-55-33-21-11-22-34-55)69(105-77-61(84-86-82)65(97-43-53-29-17-9-18-30-53)63(96-47-57-37-39-58(91-4)40-38-57)59(102-77)48-94-41-51-25-13-7-14-26-51)71(75(89)92-5)107-79(73)104-64-60(49-95-42-52-27-15-8-16-28-52)103-78(62(85-87-83)66(64)98-44-54-31-19-10-20-32-54)106-70-68(100-46-56-35-23-12-24-36-56)74-80(110-81(2,3)109-74)108-72(70)76(90)93-6/h7-40,59-74,77-80H,41-49H2,1-6H3/t59?,60?,61?,62?,63-,64-,65+,66+,67?,68?,69+,70+,71-,72-,73?,74?,77-,78-,79+,80-/m1/s1. The van der Waals surface area contributed by atoms with Gasteiger partial charge >= 0.3 is 17.9 Å². The van der Waals surface area contributed by atoms with Gasteiger partial charge < -0.3 is 94.7 Å². The van der Waals surface area contributed by atoms with E-state index in [9.17, 15) is 20.7 Å². The van der Waals surface area contributed by atoms with Gasteiger partial charge in [-0.3, -0.25) is 4.79 Å². The molecule has 582 valence electrons. The van der Waals surface area contributed by atoms with Crippen LogP contribution in [0.5, 0.6) is 5.75 Å². The number of carbonyl (C=O) groups excluding carboxylic acids is 3. The molecule has 0 radical (unpaired) electrons. The van der Waals surface area contributed by atoms with E-state index in [-0.39, 0.29) is 59.5 Å². The van der Waals surface area contributed by atoms with E-state index >= 15 is 4.79 Å². The molecular formula is C81H90N6O23. The molecule has 29 heteroatoms. The summed E-state index contributed by atoms with van der Waals surface area (Å²) in [7, 11) is 3.89. The molecule has 0 saturated carbocycles. The van der Waals surface area contributed by atoms with Crippen LogP contribution in [0.2, 0.25) is 0 Å². The molecule has 5 heterocycles. The number of hydrogen-bond acceptors (Lipinski definition) is 25. The summed E-state index contributed by atoms with van der Waals surface area (Å²) in [6, 6.07) is 59.7. The number of nitrogens with zero attached hydrogens (tertiary/aromatic N) is 6. The highest BCUT2D eigenvalue weighted by Gasteiger charge is 2.62. The van der Waals surface area contributed by atoms with Gasteiger partial charge in [0.2, 0.25) is 0 Å². The monoisotopic (exact) mass is 1510 g/mol. The number of esters is 3. The van der Waals surface area contributed by atoms with Gasteiger partial charge in [-0.2, -0.15) is 0 Å². The van der Waals surface area contributed by atoms with Crippen LogP contribution in [-0.2, 0) is 151 Å².